The van der Waals surface area contributed by atoms with Crippen LogP contribution in [0.1, 0.15) is 35.4 Å². The Kier molecular flexibility index (Phi) is 4.12. The van der Waals surface area contributed by atoms with Gasteiger partial charge in [-0.2, -0.15) is 0 Å². The van der Waals surface area contributed by atoms with E-state index >= 15 is 0 Å². The zero-order valence-corrected chi connectivity index (χ0v) is 11.8. The number of benzene rings is 1. The molecule has 1 saturated heterocycles. The molecular formula is C15H23NO2. The van der Waals surface area contributed by atoms with Crippen LogP contribution in [0.4, 0.5) is 0 Å². The van der Waals surface area contributed by atoms with Crippen LogP contribution in [-0.4, -0.2) is 27.3 Å². The monoisotopic (exact) mass is 249 g/mol. The van der Waals surface area contributed by atoms with Crippen molar-refractivity contribution in [1.82, 2.24) is 5.32 Å². The summed E-state index contributed by atoms with van der Waals surface area (Å²) in [7, 11) is 3.50. The summed E-state index contributed by atoms with van der Waals surface area (Å²) >= 11 is 0. The van der Waals surface area contributed by atoms with Crippen molar-refractivity contribution in [3.63, 3.8) is 0 Å². The van der Waals surface area contributed by atoms with E-state index in [2.05, 4.69) is 25.2 Å². The normalized spacial score (nSPS) is 16.7. The third-order valence-electron chi connectivity index (χ3n) is 3.90. The molecule has 3 nitrogen and oxygen atoms in total. The Labute approximate surface area is 109 Å². The zero-order valence-electron chi connectivity index (χ0n) is 11.8. The predicted molar refractivity (Wildman–Crippen MR) is 73.9 cm³/mol. The van der Waals surface area contributed by atoms with Gasteiger partial charge in [0, 0.05) is 5.56 Å². The van der Waals surface area contributed by atoms with Crippen LogP contribution >= 0.6 is 0 Å². The molecule has 0 spiro atoms. The number of hydrogen-bond acceptors (Lipinski definition) is 3. The van der Waals surface area contributed by atoms with Crippen LogP contribution < -0.4 is 14.8 Å². The molecule has 0 bridgehead atoms. The van der Waals surface area contributed by atoms with E-state index < -0.39 is 0 Å². The highest BCUT2D eigenvalue weighted by Gasteiger charge is 2.24. The molecule has 1 aliphatic heterocycles. The van der Waals surface area contributed by atoms with Gasteiger partial charge in [0.2, 0.25) is 0 Å². The van der Waals surface area contributed by atoms with Gasteiger partial charge in [-0.15, -0.1) is 0 Å². The number of methoxy groups -OCH3 is 2. The Hall–Kier alpha value is -1.22. The maximum Gasteiger partial charge on any atom is 0.125 e. The summed E-state index contributed by atoms with van der Waals surface area (Å²) in [6, 6.07) is 2.07. The van der Waals surface area contributed by atoms with Crippen molar-refractivity contribution in [2.24, 2.45) is 0 Å². The van der Waals surface area contributed by atoms with Crippen molar-refractivity contribution in [3.8, 4) is 11.5 Å². The number of nitrogens with one attached hydrogen (secondary N) is 1. The largest absolute Gasteiger partial charge is 0.496 e. The summed E-state index contributed by atoms with van der Waals surface area (Å²) < 4.78 is 11.1. The average Bonchev–Trinajstić information content (AvgIpc) is 2.41. The van der Waals surface area contributed by atoms with Crippen LogP contribution in [0.2, 0.25) is 0 Å². The van der Waals surface area contributed by atoms with Crippen molar-refractivity contribution in [2.75, 3.05) is 27.3 Å². The lowest BCUT2D eigenvalue weighted by atomic mass is 9.85. The third-order valence-corrected chi connectivity index (χ3v) is 3.90. The van der Waals surface area contributed by atoms with E-state index in [1.165, 1.54) is 24.0 Å². The van der Waals surface area contributed by atoms with E-state index in [1.54, 1.807) is 14.2 Å². The SMILES string of the molecule is COc1cc(C)c(OC)c(C2CCNCC2)c1C. The molecule has 0 radical (unpaired) electrons. The van der Waals surface area contributed by atoms with Gasteiger partial charge in [-0.25, -0.2) is 0 Å². The van der Waals surface area contributed by atoms with Crippen molar-refractivity contribution in [2.45, 2.75) is 32.6 Å². The first-order valence-corrected chi connectivity index (χ1v) is 6.61. The van der Waals surface area contributed by atoms with E-state index in [0.717, 1.165) is 30.2 Å². The molecule has 18 heavy (non-hydrogen) atoms. The molecule has 0 saturated carbocycles. The van der Waals surface area contributed by atoms with E-state index in [9.17, 15) is 0 Å². The summed E-state index contributed by atoms with van der Waals surface area (Å²) in [6.07, 6.45) is 2.34. The van der Waals surface area contributed by atoms with Crippen LogP contribution in [0.25, 0.3) is 0 Å². The second kappa shape index (κ2) is 5.61. The fraction of sp³-hybridized carbons (Fsp3) is 0.600. The Balaban J connectivity index is 2.50. The maximum atomic E-state index is 5.63. The second-order valence-electron chi connectivity index (χ2n) is 4.99. The first kappa shape index (κ1) is 13.2. The molecule has 0 atom stereocenters. The summed E-state index contributed by atoms with van der Waals surface area (Å²) in [5.74, 6) is 2.59. The van der Waals surface area contributed by atoms with Crippen molar-refractivity contribution in [1.29, 1.82) is 0 Å². The molecule has 1 aromatic carbocycles. The maximum absolute atomic E-state index is 5.63. The Morgan fingerprint density at radius 2 is 1.78 bits per heavy atom. The van der Waals surface area contributed by atoms with Crippen LogP contribution in [-0.2, 0) is 0 Å². The smallest absolute Gasteiger partial charge is 0.125 e. The van der Waals surface area contributed by atoms with Gasteiger partial charge in [0.05, 0.1) is 14.2 Å². The highest BCUT2D eigenvalue weighted by Crippen LogP contribution is 2.41. The Morgan fingerprint density at radius 1 is 1.11 bits per heavy atom. The molecule has 0 unspecified atom stereocenters. The first-order valence-electron chi connectivity index (χ1n) is 6.61. The lowest BCUT2D eigenvalue weighted by Gasteiger charge is -2.27. The molecule has 3 heteroatoms. The minimum Gasteiger partial charge on any atom is -0.496 e. The fourth-order valence-corrected chi connectivity index (χ4v) is 2.97. The minimum atomic E-state index is 0.579. The Morgan fingerprint density at radius 3 is 2.33 bits per heavy atom. The fourth-order valence-electron chi connectivity index (χ4n) is 2.97. The van der Waals surface area contributed by atoms with Crippen LogP contribution in [0, 0.1) is 13.8 Å². The van der Waals surface area contributed by atoms with E-state index in [0.29, 0.717) is 5.92 Å². The molecule has 2 rings (SSSR count). The lowest BCUT2D eigenvalue weighted by Crippen LogP contribution is -2.27. The van der Waals surface area contributed by atoms with Gasteiger partial charge in [-0.05, 0) is 62.9 Å². The highest BCUT2D eigenvalue weighted by molar-refractivity contribution is 5.54. The van der Waals surface area contributed by atoms with Crippen molar-refractivity contribution in [3.05, 3.63) is 22.8 Å². The molecule has 0 aromatic heterocycles. The van der Waals surface area contributed by atoms with Crippen LogP contribution in [0.3, 0.4) is 0 Å². The number of piperidine rings is 1. The van der Waals surface area contributed by atoms with E-state index in [-0.39, 0.29) is 0 Å². The van der Waals surface area contributed by atoms with Gasteiger partial charge >= 0.3 is 0 Å². The molecule has 1 N–H and O–H groups in total. The minimum absolute atomic E-state index is 0.579. The molecular weight excluding hydrogens is 226 g/mol. The topological polar surface area (TPSA) is 30.5 Å². The van der Waals surface area contributed by atoms with Gasteiger partial charge in [0.1, 0.15) is 11.5 Å². The predicted octanol–water partition coefficient (Wildman–Crippen LogP) is 2.79. The first-order chi connectivity index (χ1) is 8.69. The molecule has 1 heterocycles. The molecule has 100 valence electrons. The quantitative estimate of drug-likeness (QED) is 0.893. The van der Waals surface area contributed by atoms with Gasteiger partial charge in [-0.1, -0.05) is 0 Å². The zero-order chi connectivity index (χ0) is 13.1. The van der Waals surface area contributed by atoms with E-state index in [4.69, 9.17) is 9.47 Å². The average molecular weight is 249 g/mol. The summed E-state index contributed by atoms with van der Waals surface area (Å²) in [4.78, 5) is 0. The molecule has 1 aliphatic rings. The number of aryl methyl sites for hydroxylation is 1. The van der Waals surface area contributed by atoms with Crippen molar-refractivity contribution >= 4 is 0 Å². The number of rotatable bonds is 3. The summed E-state index contributed by atoms with van der Waals surface area (Å²) in [5.41, 5.74) is 3.73. The number of hydrogen-bond donors (Lipinski definition) is 1. The summed E-state index contributed by atoms with van der Waals surface area (Å²) in [6.45, 7) is 6.40. The van der Waals surface area contributed by atoms with Gasteiger partial charge in [0.25, 0.3) is 0 Å². The lowest BCUT2D eigenvalue weighted by molar-refractivity contribution is 0.378. The molecule has 0 aliphatic carbocycles. The van der Waals surface area contributed by atoms with Gasteiger partial charge in [0.15, 0.2) is 0 Å². The highest BCUT2D eigenvalue weighted by atomic mass is 16.5. The number of ether oxygens (including phenoxy) is 2. The van der Waals surface area contributed by atoms with Gasteiger partial charge < -0.3 is 14.8 Å². The van der Waals surface area contributed by atoms with E-state index in [1.807, 2.05) is 0 Å². The van der Waals surface area contributed by atoms with Crippen molar-refractivity contribution < 1.29 is 9.47 Å². The standard InChI is InChI=1S/C15H23NO2/c1-10-9-13(17-3)11(2)14(15(10)18-4)12-5-7-16-8-6-12/h9,12,16H,5-8H2,1-4H3. The molecule has 0 amide bonds. The van der Waals surface area contributed by atoms with Gasteiger partial charge in [-0.3, -0.25) is 0 Å². The molecule has 1 aromatic rings. The Bertz CT molecular complexity index is 423. The summed E-state index contributed by atoms with van der Waals surface area (Å²) in [5, 5.41) is 3.41. The van der Waals surface area contributed by atoms with Crippen LogP contribution in [0.5, 0.6) is 11.5 Å². The molecule has 1 fully saturated rings. The third kappa shape index (κ3) is 2.32. The second-order valence-corrected chi connectivity index (χ2v) is 4.99. The van der Waals surface area contributed by atoms with Crippen LogP contribution in [0.15, 0.2) is 6.07 Å².